The highest BCUT2D eigenvalue weighted by molar-refractivity contribution is 5.62. The van der Waals surface area contributed by atoms with Gasteiger partial charge in [0.05, 0.1) is 18.5 Å². The molecular weight excluding hydrogens is 207 g/mol. The maximum Gasteiger partial charge on any atom is 0.151 e. The maximum atomic E-state index is 13.6. The summed E-state index contributed by atoms with van der Waals surface area (Å²) in [5.41, 5.74) is 7.30. The standard InChI is InChI=1S/C12H11FN2O/c13-11-5-10(14)6-15-12(11)9-3-1-2-8(4-9)7-16/h1-6,16H,7,14H2. The average Bonchev–Trinajstić information content (AvgIpc) is 2.29. The summed E-state index contributed by atoms with van der Waals surface area (Å²) in [6, 6.07) is 8.17. The molecule has 0 aliphatic carbocycles. The number of rotatable bonds is 2. The lowest BCUT2D eigenvalue weighted by atomic mass is 10.1. The van der Waals surface area contributed by atoms with Crippen molar-refractivity contribution in [3.05, 3.63) is 47.9 Å². The molecule has 0 saturated heterocycles. The molecule has 0 radical (unpaired) electrons. The fraction of sp³-hybridized carbons (Fsp3) is 0.0833. The Bertz CT molecular complexity index is 514. The Morgan fingerprint density at radius 2 is 2.12 bits per heavy atom. The van der Waals surface area contributed by atoms with Gasteiger partial charge in [-0.15, -0.1) is 0 Å². The van der Waals surface area contributed by atoms with Gasteiger partial charge in [0.1, 0.15) is 5.69 Å². The van der Waals surface area contributed by atoms with Gasteiger partial charge in [-0.1, -0.05) is 18.2 Å². The molecule has 0 bridgehead atoms. The molecule has 82 valence electrons. The molecule has 0 saturated carbocycles. The number of hydrogen-bond acceptors (Lipinski definition) is 3. The van der Waals surface area contributed by atoms with Crippen LogP contribution in [0.15, 0.2) is 36.5 Å². The molecule has 0 unspecified atom stereocenters. The SMILES string of the molecule is Nc1cnc(-c2cccc(CO)c2)c(F)c1. The zero-order valence-electron chi connectivity index (χ0n) is 8.52. The van der Waals surface area contributed by atoms with E-state index in [1.807, 2.05) is 0 Å². The maximum absolute atomic E-state index is 13.6. The Hall–Kier alpha value is -1.94. The number of nitrogens with zero attached hydrogens (tertiary/aromatic N) is 1. The molecule has 2 rings (SSSR count). The predicted octanol–water partition coefficient (Wildman–Crippen LogP) is 1.96. The van der Waals surface area contributed by atoms with Crippen molar-refractivity contribution in [1.82, 2.24) is 4.98 Å². The van der Waals surface area contributed by atoms with Gasteiger partial charge in [0.25, 0.3) is 0 Å². The van der Waals surface area contributed by atoms with Crippen molar-refractivity contribution in [3.8, 4) is 11.3 Å². The zero-order valence-corrected chi connectivity index (χ0v) is 8.52. The first-order valence-electron chi connectivity index (χ1n) is 4.82. The molecule has 3 nitrogen and oxygen atoms in total. The van der Waals surface area contributed by atoms with Gasteiger partial charge in [-0.05, 0) is 11.6 Å². The summed E-state index contributed by atoms with van der Waals surface area (Å²) in [6.07, 6.45) is 1.41. The summed E-state index contributed by atoms with van der Waals surface area (Å²) in [7, 11) is 0. The first-order chi connectivity index (χ1) is 7.70. The molecular formula is C12H11FN2O. The number of halogens is 1. The third kappa shape index (κ3) is 2.01. The van der Waals surface area contributed by atoms with Crippen LogP contribution in [-0.4, -0.2) is 10.1 Å². The van der Waals surface area contributed by atoms with E-state index >= 15 is 0 Å². The molecule has 2 aromatic rings. The third-order valence-corrected chi connectivity index (χ3v) is 2.25. The summed E-state index contributed by atoms with van der Waals surface area (Å²) in [5.74, 6) is -0.463. The van der Waals surface area contributed by atoms with Gasteiger partial charge in [-0.3, -0.25) is 4.98 Å². The number of aliphatic hydroxyl groups is 1. The summed E-state index contributed by atoms with van der Waals surface area (Å²) in [6.45, 7) is -0.0789. The lowest BCUT2D eigenvalue weighted by Gasteiger charge is -2.04. The van der Waals surface area contributed by atoms with E-state index in [9.17, 15) is 4.39 Å². The van der Waals surface area contributed by atoms with E-state index in [1.54, 1.807) is 24.3 Å². The third-order valence-electron chi connectivity index (χ3n) is 2.25. The number of aliphatic hydroxyl groups excluding tert-OH is 1. The number of benzene rings is 1. The van der Waals surface area contributed by atoms with Crippen molar-refractivity contribution >= 4 is 5.69 Å². The number of nitrogen functional groups attached to an aromatic ring is 1. The number of nitrogens with two attached hydrogens (primary N) is 1. The van der Waals surface area contributed by atoms with Gasteiger partial charge in [-0.25, -0.2) is 4.39 Å². The van der Waals surface area contributed by atoms with E-state index in [0.717, 1.165) is 5.56 Å². The van der Waals surface area contributed by atoms with Crippen molar-refractivity contribution in [2.75, 3.05) is 5.73 Å². The van der Waals surface area contributed by atoms with Crippen LogP contribution in [0, 0.1) is 5.82 Å². The molecule has 1 aromatic carbocycles. The number of hydrogen-bond donors (Lipinski definition) is 2. The van der Waals surface area contributed by atoms with Crippen LogP contribution in [0.4, 0.5) is 10.1 Å². The van der Waals surface area contributed by atoms with E-state index in [2.05, 4.69) is 4.98 Å². The van der Waals surface area contributed by atoms with E-state index in [4.69, 9.17) is 10.8 Å². The van der Waals surface area contributed by atoms with Crippen LogP contribution in [-0.2, 0) is 6.61 Å². The highest BCUT2D eigenvalue weighted by Gasteiger charge is 2.07. The molecule has 0 amide bonds. The van der Waals surface area contributed by atoms with Gasteiger partial charge >= 0.3 is 0 Å². The number of pyridine rings is 1. The number of anilines is 1. The molecule has 0 aliphatic rings. The minimum Gasteiger partial charge on any atom is -0.397 e. The van der Waals surface area contributed by atoms with Crippen LogP contribution in [0.1, 0.15) is 5.56 Å². The fourth-order valence-corrected chi connectivity index (χ4v) is 1.48. The Morgan fingerprint density at radius 1 is 1.31 bits per heavy atom. The highest BCUT2D eigenvalue weighted by atomic mass is 19.1. The topological polar surface area (TPSA) is 59.1 Å². The monoisotopic (exact) mass is 218 g/mol. The molecule has 0 spiro atoms. The van der Waals surface area contributed by atoms with Crippen LogP contribution in [0.2, 0.25) is 0 Å². The molecule has 0 aliphatic heterocycles. The van der Waals surface area contributed by atoms with Gasteiger partial charge in [-0.2, -0.15) is 0 Å². The Labute approximate surface area is 92.4 Å². The van der Waals surface area contributed by atoms with Crippen molar-refractivity contribution < 1.29 is 9.50 Å². The lowest BCUT2D eigenvalue weighted by Crippen LogP contribution is -1.94. The fourth-order valence-electron chi connectivity index (χ4n) is 1.48. The summed E-state index contributed by atoms with van der Waals surface area (Å²) < 4.78 is 13.6. The molecule has 0 fully saturated rings. The van der Waals surface area contributed by atoms with Crippen molar-refractivity contribution in [1.29, 1.82) is 0 Å². The first kappa shape index (κ1) is 10.6. The second-order valence-corrected chi connectivity index (χ2v) is 3.46. The summed E-state index contributed by atoms with van der Waals surface area (Å²) in [4.78, 5) is 3.94. The average molecular weight is 218 g/mol. The normalized spacial score (nSPS) is 10.4. The Balaban J connectivity index is 2.49. The molecule has 4 heteroatoms. The Morgan fingerprint density at radius 3 is 2.81 bits per heavy atom. The zero-order chi connectivity index (χ0) is 11.5. The summed E-state index contributed by atoms with van der Waals surface area (Å²) in [5, 5.41) is 8.99. The number of aromatic nitrogens is 1. The minimum atomic E-state index is -0.463. The van der Waals surface area contributed by atoms with E-state index in [1.165, 1.54) is 12.3 Å². The van der Waals surface area contributed by atoms with Gasteiger partial charge in [0.2, 0.25) is 0 Å². The second kappa shape index (κ2) is 4.28. The van der Waals surface area contributed by atoms with Crippen LogP contribution >= 0.6 is 0 Å². The summed E-state index contributed by atoms with van der Waals surface area (Å²) >= 11 is 0. The van der Waals surface area contributed by atoms with E-state index in [0.29, 0.717) is 11.3 Å². The lowest BCUT2D eigenvalue weighted by molar-refractivity contribution is 0.282. The van der Waals surface area contributed by atoms with Crippen LogP contribution < -0.4 is 5.73 Å². The van der Waals surface area contributed by atoms with E-state index in [-0.39, 0.29) is 12.3 Å². The van der Waals surface area contributed by atoms with Gasteiger partial charge in [0, 0.05) is 11.6 Å². The molecule has 3 N–H and O–H groups in total. The Kier molecular flexibility index (Phi) is 2.83. The quantitative estimate of drug-likeness (QED) is 0.810. The van der Waals surface area contributed by atoms with E-state index < -0.39 is 5.82 Å². The van der Waals surface area contributed by atoms with Gasteiger partial charge < -0.3 is 10.8 Å². The smallest absolute Gasteiger partial charge is 0.151 e. The molecule has 0 atom stereocenters. The van der Waals surface area contributed by atoms with Crippen molar-refractivity contribution in [2.45, 2.75) is 6.61 Å². The first-order valence-corrected chi connectivity index (χ1v) is 4.82. The van der Waals surface area contributed by atoms with Crippen molar-refractivity contribution in [2.24, 2.45) is 0 Å². The van der Waals surface area contributed by atoms with Crippen molar-refractivity contribution in [3.63, 3.8) is 0 Å². The van der Waals surface area contributed by atoms with Gasteiger partial charge in [0.15, 0.2) is 5.82 Å². The molecule has 1 aromatic heterocycles. The highest BCUT2D eigenvalue weighted by Crippen LogP contribution is 2.22. The van der Waals surface area contributed by atoms with Crippen LogP contribution in [0.5, 0.6) is 0 Å². The second-order valence-electron chi connectivity index (χ2n) is 3.46. The largest absolute Gasteiger partial charge is 0.397 e. The van der Waals surface area contributed by atoms with Crippen LogP contribution in [0.25, 0.3) is 11.3 Å². The minimum absolute atomic E-state index is 0.0789. The predicted molar refractivity (Wildman–Crippen MR) is 60.0 cm³/mol. The van der Waals surface area contributed by atoms with Crippen LogP contribution in [0.3, 0.4) is 0 Å². The molecule has 16 heavy (non-hydrogen) atoms. The molecule has 1 heterocycles.